The lowest BCUT2D eigenvalue weighted by atomic mass is 9.99. The van der Waals surface area contributed by atoms with Gasteiger partial charge in [-0.25, -0.2) is 4.39 Å². The van der Waals surface area contributed by atoms with Crippen LogP contribution in [0.5, 0.6) is 0 Å². The van der Waals surface area contributed by atoms with Crippen LogP contribution in [-0.2, 0) is 6.18 Å². The van der Waals surface area contributed by atoms with Crippen molar-refractivity contribution < 1.29 is 27.5 Å². The highest BCUT2D eigenvalue weighted by Crippen LogP contribution is 2.31. The third-order valence-corrected chi connectivity index (χ3v) is 3.03. The first-order valence-corrected chi connectivity index (χ1v) is 5.60. The number of hydrogen-bond acceptors (Lipinski definition) is 2. The van der Waals surface area contributed by atoms with Crippen LogP contribution in [0, 0.1) is 11.7 Å². The van der Waals surface area contributed by atoms with Crippen molar-refractivity contribution in [2.45, 2.75) is 6.18 Å². The number of halogens is 4. The van der Waals surface area contributed by atoms with Gasteiger partial charge in [0.05, 0.1) is 11.1 Å². The molecular formula is C12H11F4NO2. The van der Waals surface area contributed by atoms with E-state index in [1.807, 2.05) is 0 Å². The van der Waals surface area contributed by atoms with Gasteiger partial charge in [-0.05, 0) is 18.2 Å². The number of hydrogen-bond donors (Lipinski definition) is 1. The number of benzene rings is 1. The van der Waals surface area contributed by atoms with Crippen LogP contribution >= 0.6 is 0 Å². The number of nitrogens with zero attached hydrogens (tertiary/aromatic N) is 1. The second kappa shape index (κ2) is 4.80. The predicted octanol–water partition coefficient (Wildman–Crippen LogP) is 1.91. The Labute approximate surface area is 106 Å². The molecule has 0 aromatic heterocycles. The molecule has 1 aromatic rings. The maximum Gasteiger partial charge on any atom is 0.416 e. The van der Waals surface area contributed by atoms with Crippen molar-refractivity contribution in [3.63, 3.8) is 0 Å². The van der Waals surface area contributed by atoms with E-state index < -0.39 is 29.0 Å². The van der Waals surface area contributed by atoms with Crippen LogP contribution in [0.3, 0.4) is 0 Å². The van der Waals surface area contributed by atoms with Gasteiger partial charge in [0.2, 0.25) is 0 Å². The number of alkyl halides is 3. The Balaban J connectivity index is 2.22. The summed E-state index contributed by atoms with van der Waals surface area (Å²) in [6.07, 6.45) is -4.62. The van der Waals surface area contributed by atoms with Gasteiger partial charge in [0, 0.05) is 25.6 Å². The highest BCUT2D eigenvalue weighted by molar-refractivity contribution is 5.95. The van der Waals surface area contributed by atoms with Crippen molar-refractivity contribution in [3.05, 3.63) is 35.1 Å². The Bertz CT molecular complexity index is 495. The summed E-state index contributed by atoms with van der Waals surface area (Å²) in [7, 11) is 0. The summed E-state index contributed by atoms with van der Waals surface area (Å²) in [5.41, 5.74) is -1.65. The number of carbonyl (C=O) groups excluding carboxylic acids is 1. The fourth-order valence-corrected chi connectivity index (χ4v) is 1.89. The maximum absolute atomic E-state index is 13.4. The molecule has 7 heteroatoms. The molecule has 1 saturated heterocycles. The molecule has 19 heavy (non-hydrogen) atoms. The number of amides is 1. The van der Waals surface area contributed by atoms with Crippen molar-refractivity contribution in [1.82, 2.24) is 4.90 Å². The lowest BCUT2D eigenvalue weighted by Crippen LogP contribution is -2.51. The molecule has 1 amide bonds. The minimum atomic E-state index is -4.62. The number of carbonyl (C=O) groups is 1. The molecule has 1 aliphatic rings. The molecule has 0 radical (unpaired) electrons. The molecule has 3 nitrogen and oxygen atoms in total. The lowest BCUT2D eigenvalue weighted by molar-refractivity contribution is -0.137. The van der Waals surface area contributed by atoms with Crippen LogP contribution in [0.25, 0.3) is 0 Å². The Hall–Kier alpha value is -1.63. The topological polar surface area (TPSA) is 40.5 Å². The minimum absolute atomic E-state index is 0.0854. The smallest absolute Gasteiger partial charge is 0.396 e. The zero-order valence-corrected chi connectivity index (χ0v) is 9.75. The first-order chi connectivity index (χ1) is 8.82. The van der Waals surface area contributed by atoms with E-state index in [2.05, 4.69) is 0 Å². The van der Waals surface area contributed by atoms with Crippen LogP contribution in [0.2, 0.25) is 0 Å². The number of likely N-dealkylation sites (tertiary alicyclic amines) is 1. The molecule has 1 fully saturated rings. The van der Waals surface area contributed by atoms with Crippen molar-refractivity contribution in [2.75, 3.05) is 19.7 Å². The Kier molecular flexibility index (Phi) is 3.49. The van der Waals surface area contributed by atoms with Gasteiger partial charge in [-0.2, -0.15) is 13.2 Å². The summed E-state index contributed by atoms with van der Waals surface area (Å²) in [5.74, 6) is -1.85. The second-order valence-electron chi connectivity index (χ2n) is 4.45. The summed E-state index contributed by atoms with van der Waals surface area (Å²) in [6, 6.07) is 1.75. The summed E-state index contributed by atoms with van der Waals surface area (Å²) in [5, 5.41) is 8.80. The highest BCUT2D eigenvalue weighted by atomic mass is 19.4. The number of aliphatic hydroxyl groups is 1. The third-order valence-electron chi connectivity index (χ3n) is 3.03. The van der Waals surface area contributed by atoms with Crippen LogP contribution in [0.1, 0.15) is 15.9 Å². The molecule has 104 valence electrons. The van der Waals surface area contributed by atoms with Crippen LogP contribution < -0.4 is 0 Å². The van der Waals surface area contributed by atoms with E-state index >= 15 is 0 Å². The van der Waals surface area contributed by atoms with Crippen molar-refractivity contribution in [1.29, 1.82) is 0 Å². The molecule has 0 atom stereocenters. The average Bonchev–Trinajstić information content (AvgIpc) is 2.26. The van der Waals surface area contributed by atoms with E-state index in [-0.39, 0.29) is 25.6 Å². The zero-order valence-electron chi connectivity index (χ0n) is 9.75. The van der Waals surface area contributed by atoms with Gasteiger partial charge < -0.3 is 10.0 Å². The van der Waals surface area contributed by atoms with E-state index in [4.69, 9.17) is 5.11 Å². The largest absolute Gasteiger partial charge is 0.416 e. The quantitative estimate of drug-likeness (QED) is 0.839. The molecule has 1 heterocycles. The van der Waals surface area contributed by atoms with Gasteiger partial charge in [-0.3, -0.25) is 4.79 Å². The first kappa shape index (κ1) is 13.8. The summed E-state index contributed by atoms with van der Waals surface area (Å²) in [6.45, 7) is 0.352. The molecule has 1 aromatic carbocycles. The van der Waals surface area contributed by atoms with Crippen molar-refractivity contribution in [3.8, 4) is 0 Å². The van der Waals surface area contributed by atoms with Gasteiger partial charge in [-0.15, -0.1) is 0 Å². The molecule has 0 saturated carbocycles. The van der Waals surface area contributed by atoms with E-state index in [1.54, 1.807) is 0 Å². The Morgan fingerprint density at radius 2 is 2.00 bits per heavy atom. The van der Waals surface area contributed by atoms with Crippen LogP contribution in [-0.4, -0.2) is 35.6 Å². The number of rotatable bonds is 2. The normalized spacial score (nSPS) is 16.4. The predicted molar refractivity (Wildman–Crippen MR) is 57.9 cm³/mol. The molecule has 0 bridgehead atoms. The molecule has 1 N–H and O–H groups in total. The van der Waals surface area contributed by atoms with Crippen molar-refractivity contribution >= 4 is 5.91 Å². The summed E-state index contributed by atoms with van der Waals surface area (Å²) in [4.78, 5) is 13.0. The molecule has 0 spiro atoms. The third kappa shape index (κ3) is 2.70. The standard InChI is InChI=1S/C12H11F4NO2/c13-10-2-1-8(12(14,15)16)3-9(10)11(19)17-4-7(5-17)6-18/h1-3,7,18H,4-6H2. The van der Waals surface area contributed by atoms with Gasteiger partial charge >= 0.3 is 6.18 Å². The fourth-order valence-electron chi connectivity index (χ4n) is 1.89. The van der Waals surface area contributed by atoms with Gasteiger partial charge in [-0.1, -0.05) is 0 Å². The van der Waals surface area contributed by atoms with E-state index in [1.165, 1.54) is 4.90 Å². The van der Waals surface area contributed by atoms with Crippen LogP contribution in [0.15, 0.2) is 18.2 Å². The summed E-state index contributed by atoms with van der Waals surface area (Å²) >= 11 is 0. The fraction of sp³-hybridized carbons (Fsp3) is 0.417. The van der Waals surface area contributed by atoms with Gasteiger partial charge in [0.15, 0.2) is 0 Å². The average molecular weight is 277 g/mol. The molecule has 0 unspecified atom stereocenters. The van der Waals surface area contributed by atoms with E-state index in [0.717, 1.165) is 0 Å². The molecule has 0 aliphatic carbocycles. The Morgan fingerprint density at radius 3 is 2.53 bits per heavy atom. The van der Waals surface area contributed by atoms with Gasteiger partial charge in [0.1, 0.15) is 5.82 Å². The first-order valence-electron chi connectivity index (χ1n) is 5.60. The molecule has 1 aliphatic heterocycles. The minimum Gasteiger partial charge on any atom is -0.396 e. The van der Waals surface area contributed by atoms with E-state index in [0.29, 0.717) is 18.2 Å². The summed E-state index contributed by atoms with van der Waals surface area (Å²) < 4.78 is 50.9. The highest BCUT2D eigenvalue weighted by Gasteiger charge is 2.35. The molecule has 2 rings (SSSR count). The second-order valence-corrected chi connectivity index (χ2v) is 4.45. The maximum atomic E-state index is 13.4. The van der Waals surface area contributed by atoms with Crippen LogP contribution in [0.4, 0.5) is 17.6 Å². The number of aliphatic hydroxyl groups excluding tert-OH is 1. The monoisotopic (exact) mass is 277 g/mol. The van der Waals surface area contributed by atoms with Crippen molar-refractivity contribution in [2.24, 2.45) is 5.92 Å². The SMILES string of the molecule is O=C(c1cc(C(F)(F)F)ccc1F)N1CC(CO)C1. The zero-order chi connectivity index (χ0) is 14.2. The lowest BCUT2D eigenvalue weighted by Gasteiger charge is -2.38. The molecular weight excluding hydrogens is 266 g/mol. The Morgan fingerprint density at radius 1 is 1.37 bits per heavy atom. The van der Waals surface area contributed by atoms with E-state index in [9.17, 15) is 22.4 Å². The van der Waals surface area contributed by atoms with Gasteiger partial charge in [0.25, 0.3) is 5.91 Å².